The van der Waals surface area contributed by atoms with E-state index in [-0.39, 0.29) is 12.4 Å². The molecule has 1 unspecified atom stereocenters. The van der Waals surface area contributed by atoms with Crippen LogP contribution < -0.4 is 10.5 Å². The molecule has 4 heteroatoms. The summed E-state index contributed by atoms with van der Waals surface area (Å²) in [5.41, 5.74) is 5.83. The van der Waals surface area contributed by atoms with Crippen LogP contribution in [0.15, 0.2) is 30.3 Å². The third-order valence-electron chi connectivity index (χ3n) is 2.73. The van der Waals surface area contributed by atoms with Crippen molar-refractivity contribution in [2.75, 3.05) is 26.2 Å². The highest BCUT2D eigenvalue weighted by Gasteiger charge is 2.18. The minimum absolute atomic E-state index is 0. The van der Waals surface area contributed by atoms with Crippen LogP contribution in [0, 0.1) is 0 Å². The van der Waals surface area contributed by atoms with Crippen molar-refractivity contribution in [3.05, 3.63) is 30.3 Å². The van der Waals surface area contributed by atoms with Crippen LogP contribution in [0.4, 0.5) is 0 Å². The van der Waals surface area contributed by atoms with E-state index >= 15 is 0 Å². The maximum absolute atomic E-state index is 5.83. The second-order valence-corrected chi connectivity index (χ2v) is 4.01. The Kier molecular flexibility index (Phi) is 5.60. The molecule has 0 amide bonds. The molecule has 0 spiro atoms. The van der Waals surface area contributed by atoms with Crippen molar-refractivity contribution >= 4 is 12.4 Å². The number of nitrogens with zero attached hydrogens (tertiary/aromatic N) is 1. The Morgan fingerprint density at radius 1 is 1.31 bits per heavy atom. The monoisotopic (exact) mass is 242 g/mol. The molecule has 1 atom stereocenters. The smallest absolute Gasteiger partial charge is 0.119 e. The zero-order chi connectivity index (χ0) is 10.5. The van der Waals surface area contributed by atoms with Gasteiger partial charge in [-0.05, 0) is 25.1 Å². The minimum Gasteiger partial charge on any atom is -0.492 e. The maximum Gasteiger partial charge on any atom is 0.119 e. The first-order valence-corrected chi connectivity index (χ1v) is 5.50. The Morgan fingerprint density at radius 3 is 2.69 bits per heavy atom. The zero-order valence-electron chi connectivity index (χ0n) is 9.34. The quantitative estimate of drug-likeness (QED) is 0.870. The van der Waals surface area contributed by atoms with Crippen molar-refractivity contribution in [2.24, 2.45) is 5.73 Å². The predicted octanol–water partition coefficient (Wildman–Crippen LogP) is 1.52. The summed E-state index contributed by atoms with van der Waals surface area (Å²) in [5.74, 6) is 0.945. The molecule has 0 saturated carbocycles. The van der Waals surface area contributed by atoms with Crippen LogP contribution in [0.1, 0.15) is 6.42 Å². The van der Waals surface area contributed by atoms with Gasteiger partial charge in [0.2, 0.25) is 0 Å². The lowest BCUT2D eigenvalue weighted by Crippen LogP contribution is -2.29. The van der Waals surface area contributed by atoms with E-state index in [4.69, 9.17) is 10.5 Å². The fraction of sp³-hybridized carbons (Fsp3) is 0.500. The van der Waals surface area contributed by atoms with Crippen LogP contribution in [0.25, 0.3) is 0 Å². The fourth-order valence-electron chi connectivity index (χ4n) is 1.88. The number of nitrogens with two attached hydrogens (primary N) is 1. The van der Waals surface area contributed by atoms with Crippen molar-refractivity contribution in [1.82, 2.24) is 4.90 Å². The first-order chi connectivity index (χ1) is 7.34. The van der Waals surface area contributed by atoms with Gasteiger partial charge in [0.05, 0.1) is 0 Å². The molecule has 1 aliphatic rings. The number of rotatable bonds is 4. The van der Waals surface area contributed by atoms with Gasteiger partial charge in [0.1, 0.15) is 12.4 Å². The molecule has 0 aliphatic carbocycles. The summed E-state index contributed by atoms with van der Waals surface area (Å²) in [6.07, 6.45) is 1.12. The zero-order valence-corrected chi connectivity index (χ0v) is 10.2. The molecule has 0 aromatic heterocycles. The van der Waals surface area contributed by atoms with E-state index in [0.717, 1.165) is 38.4 Å². The Labute approximate surface area is 103 Å². The number of hydrogen-bond donors (Lipinski definition) is 1. The van der Waals surface area contributed by atoms with Gasteiger partial charge in [-0.1, -0.05) is 18.2 Å². The molecular formula is C12H19ClN2O. The van der Waals surface area contributed by atoms with E-state index in [1.807, 2.05) is 30.3 Å². The average Bonchev–Trinajstić information content (AvgIpc) is 2.66. The van der Waals surface area contributed by atoms with Gasteiger partial charge in [-0.25, -0.2) is 0 Å². The molecule has 1 aromatic rings. The summed E-state index contributed by atoms with van der Waals surface area (Å²) in [4.78, 5) is 2.35. The van der Waals surface area contributed by atoms with E-state index in [0.29, 0.717) is 6.04 Å². The van der Waals surface area contributed by atoms with Gasteiger partial charge in [-0.3, -0.25) is 4.90 Å². The van der Waals surface area contributed by atoms with Gasteiger partial charge in [-0.2, -0.15) is 0 Å². The fourth-order valence-corrected chi connectivity index (χ4v) is 1.88. The lowest BCUT2D eigenvalue weighted by atomic mass is 10.3. The number of para-hydroxylation sites is 1. The third-order valence-corrected chi connectivity index (χ3v) is 2.73. The predicted molar refractivity (Wildman–Crippen MR) is 68.2 cm³/mol. The average molecular weight is 243 g/mol. The SMILES string of the molecule is Cl.NC1CCN(CCOc2ccccc2)C1. The largest absolute Gasteiger partial charge is 0.492 e. The van der Waals surface area contributed by atoms with Crippen LogP contribution in [0.2, 0.25) is 0 Å². The maximum atomic E-state index is 5.83. The number of likely N-dealkylation sites (tertiary alicyclic amines) is 1. The van der Waals surface area contributed by atoms with Crippen molar-refractivity contribution in [2.45, 2.75) is 12.5 Å². The molecule has 0 bridgehead atoms. The lowest BCUT2D eigenvalue weighted by molar-refractivity contribution is 0.236. The lowest BCUT2D eigenvalue weighted by Gasteiger charge is -2.15. The van der Waals surface area contributed by atoms with Crippen LogP contribution in [-0.4, -0.2) is 37.2 Å². The first kappa shape index (κ1) is 13.3. The topological polar surface area (TPSA) is 38.5 Å². The second-order valence-electron chi connectivity index (χ2n) is 4.01. The number of hydrogen-bond acceptors (Lipinski definition) is 3. The molecule has 0 radical (unpaired) electrons. The standard InChI is InChI=1S/C12H18N2O.ClH/c13-11-6-7-14(10-11)8-9-15-12-4-2-1-3-5-12;/h1-5,11H,6-10,13H2;1H. The van der Waals surface area contributed by atoms with E-state index < -0.39 is 0 Å². The number of benzene rings is 1. The van der Waals surface area contributed by atoms with Crippen molar-refractivity contribution in [3.63, 3.8) is 0 Å². The van der Waals surface area contributed by atoms with Gasteiger partial charge in [0, 0.05) is 19.1 Å². The van der Waals surface area contributed by atoms with Crippen LogP contribution in [0.5, 0.6) is 5.75 Å². The summed E-state index contributed by atoms with van der Waals surface area (Å²) < 4.78 is 5.62. The van der Waals surface area contributed by atoms with E-state index in [1.54, 1.807) is 0 Å². The Balaban J connectivity index is 0.00000128. The van der Waals surface area contributed by atoms with Gasteiger partial charge < -0.3 is 10.5 Å². The van der Waals surface area contributed by atoms with Crippen molar-refractivity contribution in [1.29, 1.82) is 0 Å². The highest BCUT2D eigenvalue weighted by molar-refractivity contribution is 5.85. The number of halogens is 1. The molecule has 1 aromatic carbocycles. The minimum atomic E-state index is 0. The molecule has 2 N–H and O–H groups in total. The molecule has 1 fully saturated rings. The van der Waals surface area contributed by atoms with E-state index in [9.17, 15) is 0 Å². The molecular weight excluding hydrogens is 224 g/mol. The van der Waals surface area contributed by atoms with Gasteiger partial charge in [-0.15, -0.1) is 12.4 Å². The van der Waals surface area contributed by atoms with Crippen LogP contribution >= 0.6 is 12.4 Å². The number of ether oxygens (including phenoxy) is 1. The highest BCUT2D eigenvalue weighted by Crippen LogP contribution is 2.09. The molecule has 16 heavy (non-hydrogen) atoms. The molecule has 1 saturated heterocycles. The van der Waals surface area contributed by atoms with Crippen LogP contribution in [0.3, 0.4) is 0 Å². The summed E-state index contributed by atoms with van der Waals surface area (Å²) in [6, 6.07) is 10.3. The second kappa shape index (κ2) is 6.74. The van der Waals surface area contributed by atoms with E-state index in [1.165, 1.54) is 0 Å². The Bertz CT molecular complexity index is 294. The summed E-state index contributed by atoms with van der Waals surface area (Å²) in [5, 5.41) is 0. The molecule has 1 heterocycles. The van der Waals surface area contributed by atoms with Crippen LogP contribution in [-0.2, 0) is 0 Å². The summed E-state index contributed by atoms with van der Waals surface area (Å²) >= 11 is 0. The molecule has 3 nitrogen and oxygen atoms in total. The normalized spacial score (nSPS) is 20.4. The highest BCUT2D eigenvalue weighted by atomic mass is 35.5. The first-order valence-electron chi connectivity index (χ1n) is 5.50. The van der Waals surface area contributed by atoms with Crippen molar-refractivity contribution in [3.8, 4) is 5.75 Å². The van der Waals surface area contributed by atoms with Gasteiger partial charge in [0.15, 0.2) is 0 Å². The molecule has 90 valence electrons. The van der Waals surface area contributed by atoms with Gasteiger partial charge in [0.25, 0.3) is 0 Å². The van der Waals surface area contributed by atoms with Crippen molar-refractivity contribution < 1.29 is 4.74 Å². The van der Waals surface area contributed by atoms with Gasteiger partial charge >= 0.3 is 0 Å². The molecule has 1 aliphatic heterocycles. The third kappa shape index (κ3) is 4.00. The Hall–Kier alpha value is -0.770. The van der Waals surface area contributed by atoms with E-state index in [2.05, 4.69) is 4.90 Å². The Morgan fingerprint density at radius 2 is 2.06 bits per heavy atom. The summed E-state index contributed by atoms with van der Waals surface area (Å²) in [7, 11) is 0. The summed E-state index contributed by atoms with van der Waals surface area (Å²) in [6.45, 7) is 3.84. The molecule has 2 rings (SSSR count).